The highest BCUT2D eigenvalue weighted by atomic mass is 16.5. The van der Waals surface area contributed by atoms with Gasteiger partial charge >= 0.3 is 6.09 Å². The summed E-state index contributed by atoms with van der Waals surface area (Å²) in [4.78, 5) is 36.1. The monoisotopic (exact) mass is 345 g/mol. The van der Waals surface area contributed by atoms with Crippen molar-refractivity contribution in [3.05, 3.63) is 0 Å². The van der Waals surface area contributed by atoms with Crippen LogP contribution in [0, 0.1) is 0 Å². The lowest BCUT2D eigenvalue weighted by Crippen LogP contribution is -2.53. The number of carbonyl (C=O) groups excluding carboxylic acids is 2. The van der Waals surface area contributed by atoms with Crippen LogP contribution in [0.3, 0.4) is 0 Å². The smallest absolute Gasteiger partial charge is 0.407 e. The van der Waals surface area contributed by atoms with Gasteiger partial charge < -0.3 is 24.8 Å². The van der Waals surface area contributed by atoms with Crippen LogP contribution in [0.1, 0.15) is 19.8 Å². The average molecular weight is 345 g/mol. The molecule has 2 rings (SSSR count). The summed E-state index contributed by atoms with van der Waals surface area (Å²) in [5, 5.41) is 9.41. The lowest BCUT2D eigenvalue weighted by atomic mass is 10.0. The van der Waals surface area contributed by atoms with Crippen LogP contribution >= 0.6 is 0 Å². The average Bonchev–Trinajstić information content (AvgIpc) is 2.62. The fraction of sp³-hybridized carbons (Fsp3) is 0.800. The van der Waals surface area contributed by atoms with Crippen LogP contribution in [-0.2, 0) is 19.1 Å². The first-order valence-electron chi connectivity index (χ1n) is 8.06. The van der Waals surface area contributed by atoms with Crippen LogP contribution in [0.4, 0.5) is 4.79 Å². The van der Waals surface area contributed by atoms with Crippen molar-refractivity contribution in [3.63, 3.8) is 0 Å². The number of carbonyl (C=O) groups is 3. The molecule has 2 amide bonds. The van der Waals surface area contributed by atoms with Crippen molar-refractivity contribution in [2.24, 2.45) is 0 Å². The second-order valence-corrected chi connectivity index (χ2v) is 5.67. The molecule has 2 aliphatic rings. The van der Waals surface area contributed by atoms with E-state index in [1.165, 1.54) is 7.11 Å². The van der Waals surface area contributed by atoms with Gasteiger partial charge in [-0.05, 0) is 19.8 Å². The van der Waals surface area contributed by atoms with E-state index < -0.39 is 12.1 Å². The molecule has 2 heterocycles. The van der Waals surface area contributed by atoms with Crippen molar-refractivity contribution < 1.29 is 29.0 Å². The van der Waals surface area contributed by atoms with Gasteiger partial charge in [-0.25, -0.2) is 4.79 Å². The lowest BCUT2D eigenvalue weighted by molar-refractivity contribution is -0.134. The van der Waals surface area contributed by atoms with Crippen LogP contribution < -0.4 is 5.32 Å². The molecule has 0 spiro atoms. The number of piperidine rings is 1. The predicted molar refractivity (Wildman–Crippen MR) is 85.7 cm³/mol. The number of hydrogen-bond acceptors (Lipinski definition) is 6. The topological polar surface area (TPSA) is 108 Å². The van der Waals surface area contributed by atoms with Gasteiger partial charge in [-0.15, -0.1) is 0 Å². The molecule has 9 heteroatoms. The molecular formula is C15H27N3O6. The minimum atomic E-state index is -0.570. The molecule has 0 aromatic carbocycles. The zero-order valence-electron chi connectivity index (χ0n) is 14.3. The molecule has 138 valence electrons. The molecule has 2 fully saturated rings. The number of ether oxygens (including phenoxy) is 2. The zero-order chi connectivity index (χ0) is 17.9. The zero-order valence-corrected chi connectivity index (χ0v) is 14.3. The summed E-state index contributed by atoms with van der Waals surface area (Å²) in [6.45, 7) is 6.51. The van der Waals surface area contributed by atoms with Gasteiger partial charge in [0.25, 0.3) is 6.47 Å². The molecule has 9 nitrogen and oxygen atoms in total. The third kappa shape index (κ3) is 6.32. The van der Waals surface area contributed by atoms with Crippen molar-refractivity contribution in [2.75, 3.05) is 46.5 Å². The molecule has 2 N–H and O–H groups in total. The Morgan fingerprint density at radius 3 is 2.29 bits per heavy atom. The Kier molecular flexibility index (Phi) is 9.10. The number of nitrogens with zero attached hydrogens (tertiary/aromatic N) is 2. The van der Waals surface area contributed by atoms with Gasteiger partial charge in [0, 0.05) is 32.2 Å². The first-order valence-corrected chi connectivity index (χ1v) is 8.06. The van der Waals surface area contributed by atoms with Gasteiger partial charge in [0.15, 0.2) is 0 Å². The Morgan fingerprint density at radius 1 is 1.25 bits per heavy atom. The van der Waals surface area contributed by atoms with Crippen molar-refractivity contribution >= 4 is 18.5 Å². The third-order valence-corrected chi connectivity index (χ3v) is 4.23. The number of alkyl carbamates (subject to hydrolysis) is 1. The number of carboxylic acid groups (broad SMARTS) is 1. The number of likely N-dealkylation sites (tertiary alicyclic amines) is 1. The van der Waals surface area contributed by atoms with Crippen LogP contribution in [-0.4, -0.2) is 92.0 Å². The molecule has 0 aromatic rings. The van der Waals surface area contributed by atoms with E-state index in [2.05, 4.69) is 15.0 Å². The Balaban J connectivity index is 0.000000891. The summed E-state index contributed by atoms with van der Waals surface area (Å²) in [6, 6.07) is -0.000732. The van der Waals surface area contributed by atoms with E-state index in [0.717, 1.165) is 52.2 Å². The fourth-order valence-corrected chi connectivity index (χ4v) is 2.97. The maximum Gasteiger partial charge on any atom is 0.407 e. The summed E-state index contributed by atoms with van der Waals surface area (Å²) < 4.78 is 9.89. The highest BCUT2D eigenvalue weighted by Gasteiger charge is 2.30. The Hall–Kier alpha value is -1.87. The number of hydrogen-bond donors (Lipinski definition) is 2. The second-order valence-electron chi connectivity index (χ2n) is 5.67. The second kappa shape index (κ2) is 10.8. The molecule has 0 aromatic heterocycles. The van der Waals surface area contributed by atoms with Gasteiger partial charge in [0.2, 0.25) is 5.91 Å². The Labute approximate surface area is 141 Å². The predicted octanol–water partition coefficient (Wildman–Crippen LogP) is -0.245. The normalized spacial score (nSPS) is 20.3. The van der Waals surface area contributed by atoms with Gasteiger partial charge in [0.1, 0.15) is 6.04 Å². The number of amides is 2. The number of methoxy groups -OCH3 is 1. The van der Waals surface area contributed by atoms with Crippen molar-refractivity contribution in [3.8, 4) is 0 Å². The first-order chi connectivity index (χ1) is 11.5. The molecule has 0 saturated carbocycles. The Bertz CT molecular complexity index is 406. The third-order valence-electron chi connectivity index (χ3n) is 4.23. The Morgan fingerprint density at radius 2 is 1.79 bits per heavy atom. The lowest BCUT2D eigenvalue weighted by Gasteiger charge is -2.40. The summed E-state index contributed by atoms with van der Waals surface area (Å²) in [6.07, 6.45) is 1.40. The molecule has 0 aliphatic carbocycles. The SMILES string of the molecule is COC(=O)NC(C)C(=O)N1CCC(N2CCOCC2)CC1.O=CO. The van der Waals surface area contributed by atoms with Crippen LogP contribution in [0.2, 0.25) is 0 Å². The van der Waals surface area contributed by atoms with Crippen molar-refractivity contribution in [1.82, 2.24) is 15.1 Å². The molecule has 1 unspecified atom stereocenters. The maximum absolute atomic E-state index is 12.3. The molecule has 2 saturated heterocycles. The van der Waals surface area contributed by atoms with Crippen LogP contribution in [0.25, 0.3) is 0 Å². The van der Waals surface area contributed by atoms with Gasteiger partial charge in [0.05, 0.1) is 20.3 Å². The van der Waals surface area contributed by atoms with E-state index in [1.54, 1.807) is 6.92 Å². The minimum absolute atomic E-state index is 0.0409. The van der Waals surface area contributed by atoms with Gasteiger partial charge in [-0.3, -0.25) is 14.5 Å². The summed E-state index contributed by atoms with van der Waals surface area (Å²) >= 11 is 0. The highest BCUT2D eigenvalue weighted by Crippen LogP contribution is 2.18. The molecule has 0 bridgehead atoms. The largest absolute Gasteiger partial charge is 0.483 e. The standard InChI is InChI=1S/C14H25N3O4.CH2O2/c1-11(15-14(19)20-2)13(18)17-5-3-12(4-6-17)16-7-9-21-10-8-16;2-1-3/h11-12H,3-10H2,1-2H3,(H,15,19);1H,(H,2,3). The van der Waals surface area contributed by atoms with Crippen molar-refractivity contribution in [2.45, 2.75) is 31.8 Å². The highest BCUT2D eigenvalue weighted by molar-refractivity contribution is 5.85. The molecule has 1 atom stereocenters. The number of nitrogens with one attached hydrogen (secondary N) is 1. The van der Waals surface area contributed by atoms with E-state index in [-0.39, 0.29) is 12.4 Å². The van der Waals surface area contributed by atoms with E-state index in [1.807, 2.05) is 4.90 Å². The minimum Gasteiger partial charge on any atom is -0.483 e. The molecule has 24 heavy (non-hydrogen) atoms. The van der Waals surface area contributed by atoms with Gasteiger partial charge in [-0.1, -0.05) is 0 Å². The quantitative estimate of drug-likeness (QED) is 0.679. The van der Waals surface area contributed by atoms with Crippen LogP contribution in [0.5, 0.6) is 0 Å². The summed E-state index contributed by atoms with van der Waals surface area (Å²) in [5.74, 6) is -0.0409. The van der Waals surface area contributed by atoms with Crippen molar-refractivity contribution in [1.29, 1.82) is 0 Å². The number of morpholine rings is 1. The van der Waals surface area contributed by atoms with E-state index in [4.69, 9.17) is 14.6 Å². The van der Waals surface area contributed by atoms with Crippen LogP contribution in [0.15, 0.2) is 0 Å². The summed E-state index contributed by atoms with van der Waals surface area (Å²) in [7, 11) is 1.29. The maximum atomic E-state index is 12.3. The van der Waals surface area contributed by atoms with E-state index in [0.29, 0.717) is 6.04 Å². The number of rotatable bonds is 3. The first kappa shape index (κ1) is 20.2. The van der Waals surface area contributed by atoms with E-state index >= 15 is 0 Å². The fourth-order valence-electron chi connectivity index (χ4n) is 2.97. The molecule has 0 radical (unpaired) electrons. The molecule has 2 aliphatic heterocycles. The van der Waals surface area contributed by atoms with E-state index in [9.17, 15) is 9.59 Å². The molecular weight excluding hydrogens is 318 g/mol. The summed E-state index contributed by atoms with van der Waals surface area (Å²) in [5.41, 5.74) is 0. The van der Waals surface area contributed by atoms with Gasteiger partial charge in [-0.2, -0.15) is 0 Å².